The summed E-state index contributed by atoms with van der Waals surface area (Å²) < 4.78 is 33.0. The maximum absolute atomic E-state index is 12.4. The van der Waals surface area contributed by atoms with Gasteiger partial charge in [-0.25, -0.2) is 4.57 Å². The van der Waals surface area contributed by atoms with Gasteiger partial charge in [0.05, 0.1) is 26.4 Å². The molecule has 9 nitrogen and oxygen atoms in total. The number of unbranched alkanes of at least 4 members (excludes halogenated alkanes) is 14. The number of carbonyl (C=O) groups excluding carboxylic acids is 1. The highest BCUT2D eigenvalue weighted by Crippen LogP contribution is 2.43. The Labute approximate surface area is 262 Å². The summed E-state index contributed by atoms with van der Waals surface area (Å²) in [5.74, 6) is -0.393. The SMILES string of the molecule is CCC/C=C\C/C=C\CCCCCCCCOCC(COP(=O)(O)OCC(O)CO)OC(=O)CCCCCCCCCC. The normalized spacial score (nSPS) is 14.8. The van der Waals surface area contributed by atoms with Crippen molar-refractivity contribution in [2.45, 2.75) is 148 Å². The molecule has 0 rings (SSSR count). The molecule has 0 saturated heterocycles. The smallest absolute Gasteiger partial charge is 0.457 e. The summed E-state index contributed by atoms with van der Waals surface area (Å²) in [4.78, 5) is 22.3. The second-order valence-electron chi connectivity index (χ2n) is 11.2. The predicted molar refractivity (Wildman–Crippen MR) is 173 cm³/mol. The van der Waals surface area contributed by atoms with Crippen molar-refractivity contribution < 1.29 is 43.0 Å². The Bertz CT molecular complexity index is 729. The number of aliphatic hydroxyl groups excluding tert-OH is 2. The molecule has 0 spiro atoms. The van der Waals surface area contributed by atoms with E-state index in [2.05, 4.69) is 38.2 Å². The van der Waals surface area contributed by atoms with E-state index in [4.69, 9.17) is 23.6 Å². The van der Waals surface area contributed by atoms with E-state index in [9.17, 15) is 19.4 Å². The van der Waals surface area contributed by atoms with Crippen LogP contribution in [0.3, 0.4) is 0 Å². The molecule has 0 amide bonds. The molecule has 0 bridgehead atoms. The minimum absolute atomic E-state index is 0.0440. The van der Waals surface area contributed by atoms with Gasteiger partial charge in [-0.2, -0.15) is 0 Å². The number of hydrogen-bond acceptors (Lipinski definition) is 8. The van der Waals surface area contributed by atoms with E-state index < -0.39 is 39.2 Å². The van der Waals surface area contributed by atoms with Crippen molar-refractivity contribution in [3.8, 4) is 0 Å². The summed E-state index contributed by atoms with van der Waals surface area (Å²) in [5.41, 5.74) is 0. The number of allylic oxidation sites excluding steroid dienone is 4. The van der Waals surface area contributed by atoms with Gasteiger partial charge in [0, 0.05) is 13.0 Å². The van der Waals surface area contributed by atoms with E-state index in [-0.39, 0.29) is 19.6 Å². The summed E-state index contributed by atoms with van der Waals surface area (Å²) in [6.45, 7) is 3.37. The highest BCUT2D eigenvalue weighted by atomic mass is 31.2. The highest BCUT2D eigenvalue weighted by molar-refractivity contribution is 7.47. The number of phosphoric acid groups is 1. The van der Waals surface area contributed by atoms with E-state index in [0.29, 0.717) is 6.61 Å². The predicted octanol–water partition coefficient (Wildman–Crippen LogP) is 7.97. The molecule has 254 valence electrons. The first-order valence-electron chi connectivity index (χ1n) is 16.8. The molecule has 0 heterocycles. The Balaban J connectivity index is 4.26. The van der Waals surface area contributed by atoms with Crippen LogP contribution in [0.5, 0.6) is 0 Å². The van der Waals surface area contributed by atoms with Crippen LogP contribution in [0, 0.1) is 0 Å². The third-order valence-electron chi connectivity index (χ3n) is 6.87. The lowest BCUT2D eigenvalue weighted by Gasteiger charge is -2.20. The zero-order valence-corrected chi connectivity index (χ0v) is 28.1. The van der Waals surface area contributed by atoms with Crippen molar-refractivity contribution in [1.29, 1.82) is 0 Å². The van der Waals surface area contributed by atoms with Crippen molar-refractivity contribution in [3.63, 3.8) is 0 Å². The first-order valence-corrected chi connectivity index (χ1v) is 18.3. The van der Waals surface area contributed by atoms with Crippen LogP contribution in [-0.2, 0) is 27.9 Å². The van der Waals surface area contributed by atoms with Crippen molar-refractivity contribution >= 4 is 13.8 Å². The van der Waals surface area contributed by atoms with Crippen molar-refractivity contribution in [2.75, 3.05) is 33.0 Å². The van der Waals surface area contributed by atoms with E-state index >= 15 is 0 Å². The van der Waals surface area contributed by atoms with Crippen LogP contribution in [0.4, 0.5) is 0 Å². The molecule has 0 aliphatic rings. The molecule has 0 fully saturated rings. The van der Waals surface area contributed by atoms with Gasteiger partial charge in [-0.15, -0.1) is 0 Å². The molecule has 0 aliphatic heterocycles. The lowest BCUT2D eigenvalue weighted by Crippen LogP contribution is -2.29. The molecule has 0 aromatic rings. The summed E-state index contributed by atoms with van der Waals surface area (Å²) in [6.07, 6.45) is 27.2. The molecular formula is C33H63O9P. The fourth-order valence-corrected chi connectivity index (χ4v) is 5.06. The minimum atomic E-state index is -4.50. The number of esters is 1. The molecule has 3 atom stereocenters. The Kier molecular flexibility index (Phi) is 30.2. The van der Waals surface area contributed by atoms with Gasteiger partial charge < -0.3 is 24.6 Å². The van der Waals surface area contributed by atoms with Gasteiger partial charge in [0.15, 0.2) is 0 Å². The van der Waals surface area contributed by atoms with Crippen LogP contribution in [0.25, 0.3) is 0 Å². The monoisotopic (exact) mass is 634 g/mol. The molecule has 3 unspecified atom stereocenters. The van der Waals surface area contributed by atoms with Crippen LogP contribution in [0.1, 0.15) is 136 Å². The van der Waals surface area contributed by atoms with E-state index in [0.717, 1.165) is 57.8 Å². The number of carbonyl (C=O) groups is 1. The Morgan fingerprint density at radius 1 is 0.721 bits per heavy atom. The van der Waals surface area contributed by atoms with Crippen LogP contribution < -0.4 is 0 Å². The summed E-state index contributed by atoms with van der Waals surface area (Å²) in [6, 6.07) is 0. The number of phosphoric ester groups is 1. The zero-order chi connectivity index (χ0) is 31.9. The largest absolute Gasteiger partial charge is 0.472 e. The van der Waals surface area contributed by atoms with E-state index in [1.165, 1.54) is 57.8 Å². The second-order valence-corrected chi connectivity index (χ2v) is 12.6. The molecule has 0 aromatic heterocycles. The first-order chi connectivity index (χ1) is 20.8. The van der Waals surface area contributed by atoms with Crippen LogP contribution in [-0.4, -0.2) is 66.3 Å². The molecule has 3 N–H and O–H groups in total. The quantitative estimate of drug-likeness (QED) is 0.0292. The minimum Gasteiger partial charge on any atom is -0.457 e. The highest BCUT2D eigenvalue weighted by Gasteiger charge is 2.26. The van der Waals surface area contributed by atoms with Gasteiger partial charge >= 0.3 is 13.8 Å². The second kappa shape index (κ2) is 30.9. The van der Waals surface area contributed by atoms with Gasteiger partial charge in [0.2, 0.25) is 0 Å². The number of aliphatic hydroxyl groups is 2. The fourth-order valence-electron chi connectivity index (χ4n) is 4.27. The number of ether oxygens (including phenoxy) is 2. The van der Waals surface area contributed by atoms with Gasteiger partial charge in [-0.1, -0.05) is 115 Å². The Morgan fingerprint density at radius 3 is 1.95 bits per heavy atom. The van der Waals surface area contributed by atoms with Gasteiger partial charge in [-0.05, 0) is 38.5 Å². The van der Waals surface area contributed by atoms with Gasteiger partial charge in [0.1, 0.15) is 12.2 Å². The Morgan fingerprint density at radius 2 is 1.30 bits per heavy atom. The molecule has 43 heavy (non-hydrogen) atoms. The van der Waals surface area contributed by atoms with Crippen molar-refractivity contribution in [1.82, 2.24) is 0 Å². The average molecular weight is 635 g/mol. The summed E-state index contributed by atoms with van der Waals surface area (Å²) >= 11 is 0. The van der Waals surface area contributed by atoms with Crippen LogP contribution in [0.15, 0.2) is 24.3 Å². The standard InChI is InChI=1S/C33H63O9P/c1-3-5-7-9-11-13-14-15-16-17-18-20-22-24-26-39-29-32(30-41-43(37,38)40-28-31(35)27-34)42-33(36)25-23-21-19-12-10-8-6-4-2/h7,9,13-14,31-32,34-35H,3-6,8,10-12,15-30H2,1-2H3,(H,37,38)/b9-7-,14-13-. The number of hydrogen-bond donors (Lipinski definition) is 3. The van der Waals surface area contributed by atoms with Crippen LogP contribution >= 0.6 is 7.82 Å². The third kappa shape index (κ3) is 30.7. The molecule has 0 radical (unpaired) electrons. The molecular weight excluding hydrogens is 571 g/mol. The lowest BCUT2D eigenvalue weighted by atomic mass is 10.1. The topological polar surface area (TPSA) is 132 Å². The fraction of sp³-hybridized carbons (Fsp3) is 0.848. The Hall–Kier alpha value is -1.06. The number of rotatable bonds is 32. The third-order valence-corrected chi connectivity index (χ3v) is 7.82. The van der Waals surface area contributed by atoms with E-state index in [1.54, 1.807) is 0 Å². The zero-order valence-electron chi connectivity index (χ0n) is 27.2. The maximum Gasteiger partial charge on any atom is 0.472 e. The van der Waals surface area contributed by atoms with E-state index in [1.807, 2.05) is 0 Å². The summed E-state index contributed by atoms with van der Waals surface area (Å²) in [7, 11) is -4.50. The van der Waals surface area contributed by atoms with Gasteiger partial charge in [0.25, 0.3) is 0 Å². The van der Waals surface area contributed by atoms with Crippen molar-refractivity contribution in [3.05, 3.63) is 24.3 Å². The molecule has 0 aliphatic carbocycles. The average Bonchev–Trinajstić information content (AvgIpc) is 2.99. The molecule has 10 heteroatoms. The van der Waals surface area contributed by atoms with Gasteiger partial charge in [-0.3, -0.25) is 13.8 Å². The molecule has 0 saturated carbocycles. The van der Waals surface area contributed by atoms with Crippen LogP contribution in [0.2, 0.25) is 0 Å². The first kappa shape index (κ1) is 41.9. The summed E-state index contributed by atoms with van der Waals surface area (Å²) in [5, 5.41) is 18.2. The lowest BCUT2D eigenvalue weighted by molar-refractivity contribution is -0.154. The molecule has 0 aromatic carbocycles. The van der Waals surface area contributed by atoms with Crippen molar-refractivity contribution in [2.24, 2.45) is 0 Å². The maximum atomic E-state index is 12.4.